The van der Waals surface area contributed by atoms with Gasteiger partial charge in [0.05, 0.1) is 11.9 Å². The molecule has 0 atom stereocenters. The fourth-order valence-corrected chi connectivity index (χ4v) is 3.26. The molecule has 3 aromatic rings. The first-order valence-corrected chi connectivity index (χ1v) is 8.55. The van der Waals surface area contributed by atoms with Crippen molar-refractivity contribution in [2.24, 2.45) is 5.10 Å². The molecule has 0 saturated carbocycles. The number of hydrazone groups is 1. The maximum atomic E-state index is 4.46. The van der Waals surface area contributed by atoms with Crippen molar-refractivity contribution >= 4 is 28.2 Å². The Labute approximate surface area is 148 Å². The molecule has 0 fully saturated rings. The van der Waals surface area contributed by atoms with Crippen LogP contribution in [0.4, 0.5) is 5.69 Å². The molecule has 0 aromatic heterocycles. The molecule has 0 heterocycles. The van der Waals surface area contributed by atoms with Gasteiger partial charge in [0.1, 0.15) is 0 Å². The van der Waals surface area contributed by atoms with Gasteiger partial charge >= 0.3 is 0 Å². The van der Waals surface area contributed by atoms with E-state index in [-0.39, 0.29) is 0 Å². The number of hydrogen-bond donors (Lipinski definition) is 1. The number of fused-ring (bicyclic) bond motifs is 1. The van der Waals surface area contributed by atoms with Gasteiger partial charge in [-0.25, -0.2) is 0 Å². The summed E-state index contributed by atoms with van der Waals surface area (Å²) in [6, 6.07) is 23.0. The summed E-state index contributed by atoms with van der Waals surface area (Å²) >= 11 is 0. The van der Waals surface area contributed by atoms with Crippen LogP contribution in [-0.2, 0) is 0 Å². The maximum absolute atomic E-state index is 4.46. The molecule has 1 aliphatic carbocycles. The third kappa shape index (κ3) is 3.24. The first-order chi connectivity index (χ1) is 12.3. The lowest BCUT2D eigenvalue weighted by Gasteiger charge is -2.09. The van der Waals surface area contributed by atoms with Crippen LogP contribution in [0.3, 0.4) is 0 Å². The molecule has 0 spiro atoms. The van der Waals surface area contributed by atoms with Crippen molar-refractivity contribution in [3.63, 3.8) is 0 Å². The number of hydrogen-bond acceptors (Lipinski definition) is 2. The molecular weight excluding hydrogens is 304 g/mol. The normalized spacial score (nSPS) is 14.0. The second-order valence-corrected chi connectivity index (χ2v) is 6.29. The number of anilines is 1. The van der Waals surface area contributed by atoms with Crippen LogP contribution in [0.15, 0.2) is 89.6 Å². The van der Waals surface area contributed by atoms with Crippen molar-refractivity contribution < 1.29 is 0 Å². The average Bonchev–Trinajstić information content (AvgIpc) is 3.08. The molecule has 0 bridgehead atoms. The van der Waals surface area contributed by atoms with Crippen molar-refractivity contribution in [1.29, 1.82) is 0 Å². The largest absolute Gasteiger partial charge is 0.278 e. The fraction of sp³-hybridized carbons (Fsp3) is 0.0870. The van der Waals surface area contributed by atoms with Crippen molar-refractivity contribution in [2.75, 3.05) is 5.43 Å². The van der Waals surface area contributed by atoms with Crippen LogP contribution in [0.2, 0.25) is 0 Å². The molecule has 0 aliphatic heterocycles. The number of benzene rings is 3. The summed E-state index contributed by atoms with van der Waals surface area (Å²) in [5, 5.41) is 6.90. The fourth-order valence-electron chi connectivity index (χ4n) is 3.26. The monoisotopic (exact) mass is 324 g/mol. The van der Waals surface area contributed by atoms with Gasteiger partial charge in [-0.2, -0.15) is 5.10 Å². The number of nitrogens with one attached hydrogen (secondary N) is 1. The van der Waals surface area contributed by atoms with Gasteiger partial charge in [-0.1, -0.05) is 66.7 Å². The SMILES string of the molecule is CC1=C(c2ccccc2C=NNc2ccc3ccccc3c2)CC=C1. The first kappa shape index (κ1) is 15.4. The van der Waals surface area contributed by atoms with Gasteiger partial charge in [0.15, 0.2) is 0 Å². The third-order valence-corrected chi connectivity index (χ3v) is 4.60. The Morgan fingerprint density at radius 1 is 0.920 bits per heavy atom. The van der Waals surface area contributed by atoms with Gasteiger partial charge in [-0.05, 0) is 53.0 Å². The van der Waals surface area contributed by atoms with Crippen LogP contribution in [0, 0.1) is 0 Å². The zero-order chi connectivity index (χ0) is 17.1. The second kappa shape index (κ2) is 6.78. The van der Waals surface area contributed by atoms with Gasteiger partial charge in [0, 0.05) is 5.56 Å². The van der Waals surface area contributed by atoms with Crippen molar-refractivity contribution in [2.45, 2.75) is 13.3 Å². The maximum Gasteiger partial charge on any atom is 0.0568 e. The van der Waals surface area contributed by atoms with Gasteiger partial charge < -0.3 is 0 Å². The lowest BCUT2D eigenvalue weighted by atomic mass is 9.97. The summed E-state index contributed by atoms with van der Waals surface area (Å²) in [4.78, 5) is 0. The Bertz CT molecular complexity index is 1010. The van der Waals surface area contributed by atoms with Crippen LogP contribution < -0.4 is 5.43 Å². The zero-order valence-corrected chi connectivity index (χ0v) is 14.2. The van der Waals surface area contributed by atoms with Crippen LogP contribution >= 0.6 is 0 Å². The molecule has 0 unspecified atom stereocenters. The lowest BCUT2D eigenvalue weighted by molar-refractivity contribution is 1.35. The van der Waals surface area contributed by atoms with Crippen LogP contribution in [-0.4, -0.2) is 6.21 Å². The number of allylic oxidation sites excluding steroid dienone is 4. The van der Waals surface area contributed by atoms with E-state index in [1.54, 1.807) is 0 Å². The highest BCUT2D eigenvalue weighted by Gasteiger charge is 2.10. The van der Waals surface area contributed by atoms with E-state index in [0.717, 1.165) is 17.7 Å². The van der Waals surface area contributed by atoms with E-state index in [1.165, 1.54) is 27.5 Å². The molecule has 2 heteroatoms. The van der Waals surface area contributed by atoms with Gasteiger partial charge in [0.25, 0.3) is 0 Å². The minimum atomic E-state index is 0.991. The molecule has 2 nitrogen and oxygen atoms in total. The minimum absolute atomic E-state index is 0.991. The molecule has 1 aliphatic rings. The van der Waals surface area contributed by atoms with Crippen LogP contribution in [0.25, 0.3) is 16.3 Å². The zero-order valence-electron chi connectivity index (χ0n) is 14.2. The molecule has 122 valence electrons. The Morgan fingerprint density at radius 3 is 2.56 bits per heavy atom. The smallest absolute Gasteiger partial charge is 0.0568 e. The van der Waals surface area contributed by atoms with Gasteiger partial charge in [0.2, 0.25) is 0 Å². The minimum Gasteiger partial charge on any atom is -0.278 e. The highest BCUT2D eigenvalue weighted by Crippen LogP contribution is 2.30. The van der Waals surface area contributed by atoms with E-state index in [0.29, 0.717) is 0 Å². The summed E-state index contributed by atoms with van der Waals surface area (Å²) in [5.41, 5.74) is 9.25. The summed E-state index contributed by atoms with van der Waals surface area (Å²) < 4.78 is 0. The molecule has 1 N–H and O–H groups in total. The molecular formula is C23H20N2. The molecule has 0 radical (unpaired) electrons. The highest BCUT2D eigenvalue weighted by atomic mass is 15.3. The first-order valence-electron chi connectivity index (χ1n) is 8.55. The number of rotatable bonds is 4. The summed E-state index contributed by atoms with van der Waals surface area (Å²) in [5.74, 6) is 0. The topological polar surface area (TPSA) is 24.4 Å². The van der Waals surface area contributed by atoms with Crippen molar-refractivity contribution in [3.8, 4) is 0 Å². The Hall–Kier alpha value is -3.13. The standard InChI is InChI=1S/C23H20N2/c1-17-7-6-12-22(17)23-11-5-4-10-20(23)16-24-25-21-14-13-18-8-2-3-9-19(18)15-21/h2-11,13-16,25H,12H2,1H3. The van der Waals surface area contributed by atoms with E-state index in [1.807, 2.05) is 6.21 Å². The van der Waals surface area contributed by atoms with Crippen molar-refractivity contribution in [1.82, 2.24) is 0 Å². The third-order valence-electron chi connectivity index (χ3n) is 4.60. The van der Waals surface area contributed by atoms with Crippen LogP contribution in [0.1, 0.15) is 24.5 Å². The van der Waals surface area contributed by atoms with Crippen molar-refractivity contribution in [3.05, 3.63) is 95.6 Å². The van der Waals surface area contributed by atoms with Gasteiger partial charge in [-0.15, -0.1) is 0 Å². The summed E-state index contributed by atoms with van der Waals surface area (Å²) in [7, 11) is 0. The Balaban J connectivity index is 1.57. The highest BCUT2D eigenvalue weighted by molar-refractivity contribution is 5.91. The Morgan fingerprint density at radius 2 is 1.72 bits per heavy atom. The molecule has 3 aromatic carbocycles. The predicted molar refractivity (Wildman–Crippen MR) is 108 cm³/mol. The molecule has 4 rings (SSSR count). The molecule has 0 amide bonds. The van der Waals surface area contributed by atoms with E-state index < -0.39 is 0 Å². The lowest BCUT2D eigenvalue weighted by Crippen LogP contribution is -1.95. The van der Waals surface area contributed by atoms with Gasteiger partial charge in [-0.3, -0.25) is 5.43 Å². The average molecular weight is 324 g/mol. The molecule has 0 saturated heterocycles. The second-order valence-electron chi connectivity index (χ2n) is 6.29. The Kier molecular flexibility index (Phi) is 4.17. The quantitative estimate of drug-likeness (QED) is 0.460. The van der Waals surface area contributed by atoms with E-state index in [2.05, 4.69) is 96.3 Å². The van der Waals surface area contributed by atoms with E-state index in [4.69, 9.17) is 0 Å². The van der Waals surface area contributed by atoms with E-state index >= 15 is 0 Å². The number of nitrogens with zero attached hydrogens (tertiary/aromatic N) is 1. The molecule has 25 heavy (non-hydrogen) atoms. The predicted octanol–water partition coefficient (Wildman–Crippen LogP) is 6.02. The van der Waals surface area contributed by atoms with Crippen LogP contribution in [0.5, 0.6) is 0 Å². The summed E-state index contributed by atoms with van der Waals surface area (Å²) in [6.45, 7) is 2.17. The summed E-state index contributed by atoms with van der Waals surface area (Å²) in [6.07, 6.45) is 7.31. The van der Waals surface area contributed by atoms with E-state index in [9.17, 15) is 0 Å².